The molecule has 7 nitrogen and oxygen atoms in total. The largest absolute Gasteiger partial charge is 0.444 e. The van der Waals surface area contributed by atoms with E-state index in [1.54, 1.807) is 11.1 Å². The van der Waals surface area contributed by atoms with Gasteiger partial charge < -0.3 is 14.5 Å². The summed E-state index contributed by atoms with van der Waals surface area (Å²) in [6, 6.07) is 20.5. The number of ether oxygens (including phenoxy) is 1. The molecule has 0 spiro atoms. The van der Waals surface area contributed by atoms with Crippen LogP contribution in [0.4, 0.5) is 4.79 Å². The molecule has 1 aromatic heterocycles. The van der Waals surface area contributed by atoms with Gasteiger partial charge in [-0.15, -0.1) is 0 Å². The van der Waals surface area contributed by atoms with Crippen LogP contribution < -0.4 is 0 Å². The zero-order valence-electron chi connectivity index (χ0n) is 22.7. The van der Waals surface area contributed by atoms with Crippen LogP contribution in [0.3, 0.4) is 0 Å². The molecule has 2 aliphatic heterocycles. The molecule has 1 atom stereocenters. The van der Waals surface area contributed by atoms with Crippen LogP contribution in [0, 0.1) is 0 Å². The molecule has 1 unspecified atom stereocenters. The van der Waals surface area contributed by atoms with E-state index in [1.165, 1.54) is 5.56 Å². The number of piperidine rings is 2. The van der Waals surface area contributed by atoms with E-state index < -0.39 is 5.60 Å². The lowest BCUT2D eigenvalue weighted by molar-refractivity contribution is 0.0203. The van der Waals surface area contributed by atoms with Crippen LogP contribution in [0.5, 0.6) is 0 Å². The number of para-hydroxylation sites is 1. The Balaban J connectivity index is 1.39. The van der Waals surface area contributed by atoms with E-state index in [9.17, 15) is 9.59 Å². The summed E-state index contributed by atoms with van der Waals surface area (Å²) in [5.41, 5.74) is 3.34. The number of amides is 2. The van der Waals surface area contributed by atoms with Gasteiger partial charge in [0.15, 0.2) is 0 Å². The molecule has 0 aliphatic carbocycles. The van der Waals surface area contributed by atoms with Gasteiger partial charge in [0.1, 0.15) is 5.60 Å². The van der Waals surface area contributed by atoms with Crippen molar-refractivity contribution in [2.75, 3.05) is 26.2 Å². The molecule has 2 saturated heterocycles. The van der Waals surface area contributed by atoms with E-state index in [1.807, 2.05) is 66.8 Å². The number of benzene rings is 2. The highest BCUT2D eigenvalue weighted by atomic mass is 16.6. The van der Waals surface area contributed by atoms with Crippen LogP contribution >= 0.6 is 0 Å². The second kappa shape index (κ2) is 11.0. The SMILES string of the molecule is CC(C)(C)OC(=O)N1CCC(c2c(C(=O)N3CCCC(c4ccccc4)C3)cnn2-c2ccccc2)CC1. The van der Waals surface area contributed by atoms with Gasteiger partial charge in [0, 0.05) is 38.0 Å². The quantitative estimate of drug-likeness (QED) is 0.428. The summed E-state index contributed by atoms with van der Waals surface area (Å²) in [4.78, 5) is 30.4. The number of nitrogens with zero attached hydrogens (tertiary/aromatic N) is 4. The summed E-state index contributed by atoms with van der Waals surface area (Å²) in [5.74, 6) is 0.515. The fourth-order valence-corrected chi connectivity index (χ4v) is 5.68. The molecule has 2 aromatic carbocycles. The molecule has 200 valence electrons. The second-order valence-electron chi connectivity index (χ2n) is 11.4. The number of carbonyl (C=O) groups is 2. The van der Waals surface area contributed by atoms with Crippen LogP contribution in [0.1, 0.15) is 79.9 Å². The minimum Gasteiger partial charge on any atom is -0.444 e. The summed E-state index contributed by atoms with van der Waals surface area (Å²) < 4.78 is 7.52. The molecule has 38 heavy (non-hydrogen) atoms. The monoisotopic (exact) mass is 514 g/mol. The molecule has 3 aromatic rings. The number of hydrogen-bond donors (Lipinski definition) is 0. The van der Waals surface area contributed by atoms with Crippen LogP contribution in [0.15, 0.2) is 66.9 Å². The zero-order valence-corrected chi connectivity index (χ0v) is 22.7. The molecule has 0 N–H and O–H groups in total. The van der Waals surface area contributed by atoms with Crippen molar-refractivity contribution in [1.82, 2.24) is 19.6 Å². The Morgan fingerprint density at radius 1 is 0.842 bits per heavy atom. The van der Waals surface area contributed by atoms with Crippen LogP contribution in [-0.4, -0.2) is 63.4 Å². The highest BCUT2D eigenvalue weighted by Gasteiger charge is 2.34. The van der Waals surface area contributed by atoms with Gasteiger partial charge in [0.25, 0.3) is 5.91 Å². The summed E-state index contributed by atoms with van der Waals surface area (Å²) in [6.07, 6.45) is 5.06. The number of rotatable bonds is 4. The lowest BCUT2D eigenvalue weighted by Gasteiger charge is -2.35. The summed E-state index contributed by atoms with van der Waals surface area (Å²) >= 11 is 0. The van der Waals surface area contributed by atoms with Crippen LogP contribution in [-0.2, 0) is 4.74 Å². The molecule has 2 fully saturated rings. The maximum Gasteiger partial charge on any atom is 0.410 e. The van der Waals surface area contributed by atoms with Crippen molar-refractivity contribution in [3.8, 4) is 5.69 Å². The van der Waals surface area contributed by atoms with Gasteiger partial charge in [-0.3, -0.25) is 4.79 Å². The molecule has 0 bridgehead atoms. The first-order chi connectivity index (χ1) is 18.3. The van der Waals surface area contributed by atoms with Crippen molar-refractivity contribution in [2.45, 2.75) is 63.9 Å². The molecule has 3 heterocycles. The van der Waals surface area contributed by atoms with Gasteiger partial charge in [-0.1, -0.05) is 48.5 Å². The maximum absolute atomic E-state index is 14.0. The lowest BCUT2D eigenvalue weighted by atomic mass is 9.89. The number of likely N-dealkylation sites (tertiary alicyclic amines) is 2. The van der Waals surface area contributed by atoms with Gasteiger partial charge in [-0.05, 0) is 64.2 Å². The fraction of sp³-hybridized carbons (Fsp3) is 0.452. The Morgan fingerprint density at radius 2 is 1.50 bits per heavy atom. The van der Waals surface area contributed by atoms with Crippen molar-refractivity contribution in [2.24, 2.45) is 0 Å². The topological polar surface area (TPSA) is 67.7 Å². The highest BCUT2D eigenvalue weighted by molar-refractivity contribution is 5.95. The van der Waals surface area contributed by atoms with Crippen LogP contribution in [0.2, 0.25) is 0 Å². The highest BCUT2D eigenvalue weighted by Crippen LogP contribution is 2.34. The first-order valence-electron chi connectivity index (χ1n) is 13.8. The molecule has 2 aliphatic rings. The normalized spacial score (nSPS) is 18.9. The van der Waals surface area contributed by atoms with Crippen molar-refractivity contribution < 1.29 is 14.3 Å². The van der Waals surface area contributed by atoms with Gasteiger partial charge in [0.05, 0.1) is 23.1 Å². The van der Waals surface area contributed by atoms with Crippen molar-refractivity contribution in [1.29, 1.82) is 0 Å². The first kappa shape index (κ1) is 26.0. The van der Waals surface area contributed by atoms with Gasteiger partial charge >= 0.3 is 6.09 Å². The first-order valence-corrected chi connectivity index (χ1v) is 13.8. The van der Waals surface area contributed by atoms with E-state index in [2.05, 4.69) is 24.3 Å². The maximum atomic E-state index is 14.0. The van der Waals surface area contributed by atoms with Gasteiger partial charge in [-0.2, -0.15) is 5.10 Å². The van der Waals surface area contributed by atoms with E-state index >= 15 is 0 Å². The minimum atomic E-state index is -0.522. The van der Waals surface area contributed by atoms with Crippen LogP contribution in [0.25, 0.3) is 5.69 Å². The smallest absolute Gasteiger partial charge is 0.410 e. The van der Waals surface area contributed by atoms with E-state index in [-0.39, 0.29) is 17.9 Å². The van der Waals surface area contributed by atoms with Crippen molar-refractivity contribution in [3.05, 3.63) is 83.7 Å². The molecule has 5 rings (SSSR count). The third-order valence-electron chi connectivity index (χ3n) is 7.55. The summed E-state index contributed by atoms with van der Waals surface area (Å²) in [7, 11) is 0. The molecule has 7 heteroatoms. The fourth-order valence-electron chi connectivity index (χ4n) is 5.68. The average molecular weight is 515 g/mol. The summed E-state index contributed by atoms with van der Waals surface area (Å²) in [5, 5.41) is 4.72. The molecule has 2 amide bonds. The zero-order chi connectivity index (χ0) is 26.7. The number of aromatic nitrogens is 2. The standard InChI is InChI=1S/C31H38N4O3/c1-31(2,3)38-30(37)33-19-16-24(17-20-33)28-27(21-32-35(28)26-14-8-5-9-15-26)29(36)34-18-10-13-25(22-34)23-11-6-4-7-12-23/h4-9,11-12,14-15,21,24-25H,10,13,16-20,22H2,1-3H3. The van der Waals surface area contributed by atoms with Gasteiger partial charge in [0.2, 0.25) is 0 Å². The van der Waals surface area contributed by atoms with E-state index in [0.717, 1.165) is 50.2 Å². The third kappa shape index (κ3) is 5.77. The number of hydrogen-bond acceptors (Lipinski definition) is 4. The van der Waals surface area contributed by atoms with Gasteiger partial charge in [-0.25, -0.2) is 9.48 Å². The second-order valence-corrected chi connectivity index (χ2v) is 11.4. The van der Waals surface area contributed by atoms with Crippen molar-refractivity contribution in [3.63, 3.8) is 0 Å². The minimum absolute atomic E-state index is 0.0531. The molecular weight excluding hydrogens is 476 g/mol. The van der Waals surface area contributed by atoms with E-state index in [4.69, 9.17) is 9.84 Å². The Bertz CT molecular complexity index is 1240. The molecular formula is C31H38N4O3. The third-order valence-corrected chi connectivity index (χ3v) is 7.55. The Kier molecular flexibility index (Phi) is 7.54. The summed E-state index contributed by atoms with van der Waals surface area (Å²) in [6.45, 7) is 8.32. The Morgan fingerprint density at radius 3 is 2.16 bits per heavy atom. The molecule has 0 saturated carbocycles. The van der Waals surface area contributed by atoms with Crippen molar-refractivity contribution >= 4 is 12.0 Å². The predicted molar refractivity (Wildman–Crippen MR) is 148 cm³/mol. The molecule has 0 radical (unpaired) electrons. The lowest BCUT2D eigenvalue weighted by Crippen LogP contribution is -2.42. The predicted octanol–water partition coefficient (Wildman–Crippen LogP) is 6.01. The average Bonchev–Trinajstić information content (AvgIpc) is 3.38. The Labute approximate surface area is 225 Å². The Hall–Kier alpha value is -3.61. The number of carbonyl (C=O) groups excluding carboxylic acids is 2. The van der Waals surface area contributed by atoms with E-state index in [0.29, 0.717) is 24.6 Å².